The molecular weight excluding hydrogens is 182 g/mol. The van der Waals surface area contributed by atoms with Crippen molar-refractivity contribution in [3.05, 3.63) is 0 Å². The number of nitrogens with one attached hydrogen (secondary N) is 1. The lowest BCUT2D eigenvalue weighted by Gasteiger charge is -2.27. The molecule has 0 amide bonds. The second-order valence-electron chi connectivity index (χ2n) is 4.02. The summed E-state index contributed by atoms with van der Waals surface area (Å²) in [4.78, 5) is 0.372. The van der Waals surface area contributed by atoms with Crippen LogP contribution < -0.4 is 5.32 Å². The Morgan fingerprint density at radius 1 is 1.46 bits per heavy atom. The minimum Gasteiger partial charge on any atom is -0.381 e. The van der Waals surface area contributed by atoms with Crippen molar-refractivity contribution in [3.63, 3.8) is 0 Å². The Bertz CT molecular complexity index is 166. The summed E-state index contributed by atoms with van der Waals surface area (Å²) >= 11 is 2.12. The molecule has 0 aromatic carbocycles. The van der Waals surface area contributed by atoms with E-state index in [2.05, 4.69) is 24.0 Å². The smallest absolute Gasteiger partial charge is 0.0671 e. The normalized spacial score (nSPS) is 40.8. The van der Waals surface area contributed by atoms with E-state index in [1.54, 1.807) is 0 Å². The van der Waals surface area contributed by atoms with Gasteiger partial charge in [0.1, 0.15) is 0 Å². The van der Waals surface area contributed by atoms with Crippen molar-refractivity contribution in [2.24, 2.45) is 0 Å². The van der Waals surface area contributed by atoms with Gasteiger partial charge in [-0.25, -0.2) is 0 Å². The van der Waals surface area contributed by atoms with E-state index >= 15 is 0 Å². The van der Waals surface area contributed by atoms with Crippen LogP contribution in [0.5, 0.6) is 0 Å². The molecular formula is C10H19NOS. The number of ether oxygens (including phenoxy) is 1. The second kappa shape index (κ2) is 4.20. The molecule has 2 aliphatic heterocycles. The first-order valence-corrected chi connectivity index (χ1v) is 6.33. The monoisotopic (exact) mass is 201 g/mol. The zero-order chi connectivity index (χ0) is 9.15. The molecule has 2 unspecified atom stereocenters. The summed E-state index contributed by atoms with van der Waals surface area (Å²) in [5.74, 6) is 1.29. The highest BCUT2D eigenvalue weighted by Gasteiger charge is 2.38. The van der Waals surface area contributed by atoms with Crippen LogP contribution in [0.1, 0.15) is 32.6 Å². The molecule has 2 rings (SSSR count). The molecule has 0 aliphatic carbocycles. The van der Waals surface area contributed by atoms with Gasteiger partial charge >= 0.3 is 0 Å². The van der Waals surface area contributed by atoms with Crippen LogP contribution in [0.25, 0.3) is 0 Å². The molecule has 0 aromatic heterocycles. The van der Waals surface area contributed by atoms with Crippen LogP contribution in [0.3, 0.4) is 0 Å². The molecule has 0 saturated carbocycles. The Morgan fingerprint density at radius 2 is 2.38 bits per heavy atom. The third kappa shape index (κ3) is 2.20. The number of hydrogen-bond acceptors (Lipinski definition) is 3. The summed E-state index contributed by atoms with van der Waals surface area (Å²) in [5, 5.41) is 3.78. The standard InChI is InChI=1S/C10H19NOS/c1-2-9-8-13-10(11-9)4-3-6-12-7-5-10/h9,11H,2-8H2,1H3. The highest BCUT2D eigenvalue weighted by Crippen LogP contribution is 2.39. The molecule has 2 atom stereocenters. The van der Waals surface area contributed by atoms with E-state index in [9.17, 15) is 0 Å². The molecule has 76 valence electrons. The van der Waals surface area contributed by atoms with Gasteiger partial charge in [-0.1, -0.05) is 6.92 Å². The number of hydrogen-bond donors (Lipinski definition) is 1. The van der Waals surface area contributed by atoms with E-state index in [0.29, 0.717) is 4.87 Å². The minimum absolute atomic E-state index is 0.372. The molecule has 2 aliphatic rings. The van der Waals surface area contributed by atoms with E-state index in [0.717, 1.165) is 19.3 Å². The maximum atomic E-state index is 5.50. The van der Waals surface area contributed by atoms with Crippen LogP contribution in [0.4, 0.5) is 0 Å². The lowest BCUT2D eigenvalue weighted by atomic mass is 10.1. The highest BCUT2D eigenvalue weighted by molar-refractivity contribution is 8.00. The van der Waals surface area contributed by atoms with Crippen molar-refractivity contribution in [3.8, 4) is 0 Å². The van der Waals surface area contributed by atoms with Crippen molar-refractivity contribution in [2.75, 3.05) is 19.0 Å². The predicted molar refractivity (Wildman–Crippen MR) is 57.1 cm³/mol. The van der Waals surface area contributed by atoms with Crippen molar-refractivity contribution < 1.29 is 4.74 Å². The van der Waals surface area contributed by atoms with Gasteiger partial charge in [0, 0.05) is 25.0 Å². The van der Waals surface area contributed by atoms with Gasteiger partial charge in [-0.05, 0) is 25.7 Å². The summed E-state index contributed by atoms with van der Waals surface area (Å²) < 4.78 is 5.50. The van der Waals surface area contributed by atoms with Gasteiger partial charge in [0.25, 0.3) is 0 Å². The fourth-order valence-electron chi connectivity index (χ4n) is 2.15. The SMILES string of the molecule is CCC1CSC2(CCCOCC2)N1. The van der Waals surface area contributed by atoms with Gasteiger partial charge in [-0.3, -0.25) is 5.32 Å². The minimum atomic E-state index is 0.372. The van der Waals surface area contributed by atoms with Crippen molar-refractivity contribution in [2.45, 2.75) is 43.5 Å². The predicted octanol–water partition coefficient (Wildman–Crippen LogP) is 2.00. The fraction of sp³-hybridized carbons (Fsp3) is 1.00. The molecule has 2 heterocycles. The first-order chi connectivity index (χ1) is 6.35. The second-order valence-corrected chi connectivity index (χ2v) is 5.42. The molecule has 0 radical (unpaired) electrons. The van der Waals surface area contributed by atoms with Crippen LogP contribution in [0.15, 0.2) is 0 Å². The zero-order valence-corrected chi connectivity index (χ0v) is 9.16. The van der Waals surface area contributed by atoms with Crippen molar-refractivity contribution in [1.82, 2.24) is 5.32 Å². The highest BCUT2D eigenvalue weighted by atomic mass is 32.2. The van der Waals surface area contributed by atoms with E-state index in [4.69, 9.17) is 4.74 Å². The largest absolute Gasteiger partial charge is 0.381 e. The summed E-state index contributed by atoms with van der Waals surface area (Å²) in [6.45, 7) is 4.17. The van der Waals surface area contributed by atoms with Crippen molar-refractivity contribution in [1.29, 1.82) is 0 Å². The van der Waals surface area contributed by atoms with Crippen LogP contribution in [0.2, 0.25) is 0 Å². The Labute approximate surface area is 84.8 Å². The summed E-state index contributed by atoms with van der Waals surface area (Å²) in [6, 6.07) is 0.739. The first kappa shape index (κ1) is 9.81. The molecule has 1 N–H and O–H groups in total. The van der Waals surface area contributed by atoms with Gasteiger partial charge < -0.3 is 4.74 Å². The molecule has 0 bridgehead atoms. The van der Waals surface area contributed by atoms with E-state index < -0.39 is 0 Å². The molecule has 1 spiro atoms. The van der Waals surface area contributed by atoms with Gasteiger partial charge in [0.05, 0.1) is 4.87 Å². The molecule has 0 aromatic rings. The lowest BCUT2D eigenvalue weighted by Crippen LogP contribution is -2.41. The topological polar surface area (TPSA) is 21.3 Å². The van der Waals surface area contributed by atoms with E-state index in [1.165, 1.54) is 31.4 Å². The average Bonchev–Trinajstić information content (AvgIpc) is 2.40. The Kier molecular flexibility index (Phi) is 3.17. The van der Waals surface area contributed by atoms with Gasteiger partial charge in [-0.15, -0.1) is 11.8 Å². The molecule has 13 heavy (non-hydrogen) atoms. The number of rotatable bonds is 1. The summed E-state index contributed by atoms with van der Waals surface area (Å²) in [7, 11) is 0. The maximum Gasteiger partial charge on any atom is 0.0671 e. The average molecular weight is 201 g/mol. The fourth-order valence-corrected chi connectivity index (χ4v) is 3.75. The maximum absolute atomic E-state index is 5.50. The molecule has 2 fully saturated rings. The van der Waals surface area contributed by atoms with E-state index in [1.807, 2.05) is 0 Å². The molecule has 2 nitrogen and oxygen atoms in total. The third-order valence-corrected chi connectivity index (χ3v) is 4.69. The Hall–Kier alpha value is 0.270. The Morgan fingerprint density at radius 3 is 3.15 bits per heavy atom. The number of thioether (sulfide) groups is 1. The van der Waals surface area contributed by atoms with Crippen LogP contribution in [-0.4, -0.2) is 29.9 Å². The van der Waals surface area contributed by atoms with Crippen LogP contribution >= 0.6 is 11.8 Å². The third-order valence-electron chi connectivity index (χ3n) is 3.04. The van der Waals surface area contributed by atoms with Gasteiger partial charge in [0.15, 0.2) is 0 Å². The van der Waals surface area contributed by atoms with E-state index in [-0.39, 0.29) is 0 Å². The summed E-state index contributed by atoms with van der Waals surface area (Å²) in [5.41, 5.74) is 0. The van der Waals surface area contributed by atoms with Crippen LogP contribution in [0, 0.1) is 0 Å². The van der Waals surface area contributed by atoms with Crippen LogP contribution in [-0.2, 0) is 4.74 Å². The quantitative estimate of drug-likeness (QED) is 0.701. The van der Waals surface area contributed by atoms with Gasteiger partial charge in [-0.2, -0.15) is 0 Å². The zero-order valence-electron chi connectivity index (χ0n) is 8.34. The molecule has 3 heteroatoms. The van der Waals surface area contributed by atoms with Gasteiger partial charge in [0.2, 0.25) is 0 Å². The first-order valence-electron chi connectivity index (χ1n) is 5.34. The lowest BCUT2D eigenvalue weighted by molar-refractivity contribution is 0.141. The molecule has 2 saturated heterocycles. The van der Waals surface area contributed by atoms with Crippen molar-refractivity contribution >= 4 is 11.8 Å². The Balaban J connectivity index is 1.95. The summed E-state index contributed by atoms with van der Waals surface area (Å²) in [6.07, 6.45) is 4.95.